The van der Waals surface area contributed by atoms with Gasteiger partial charge in [-0.05, 0) is 84.1 Å². The highest BCUT2D eigenvalue weighted by molar-refractivity contribution is 5.95. The Kier molecular flexibility index (Phi) is 17.4. The Morgan fingerprint density at radius 2 is 1.65 bits per heavy atom. The number of halogens is 3. The van der Waals surface area contributed by atoms with E-state index in [0.717, 1.165) is 0 Å². The topological polar surface area (TPSA) is 207 Å². The van der Waals surface area contributed by atoms with Gasteiger partial charge >= 0.3 is 30.1 Å². The molecule has 20 heteroatoms. The molecule has 2 N–H and O–H groups in total. The van der Waals surface area contributed by atoms with E-state index < -0.39 is 102 Å². The van der Waals surface area contributed by atoms with Crippen molar-refractivity contribution in [3.8, 4) is 11.3 Å². The molecule has 0 unspecified atom stereocenters. The number of rotatable bonds is 13. The number of hydrogen-bond donors (Lipinski definition) is 2. The molecule has 2 aromatic carbocycles. The number of aliphatic hydroxyl groups is 1. The van der Waals surface area contributed by atoms with Crippen molar-refractivity contribution < 1.29 is 70.7 Å². The quantitative estimate of drug-likeness (QED) is 0.0953. The minimum absolute atomic E-state index is 0.0655. The number of nitrogens with one attached hydrogen (secondary N) is 1. The second kappa shape index (κ2) is 22.5. The Labute approximate surface area is 412 Å². The first-order valence-electron chi connectivity index (χ1n) is 24.3. The zero-order chi connectivity index (χ0) is 52.2. The number of aryl methyl sites for hydroxylation is 1. The number of hydrogen-bond acceptors (Lipinski definition) is 14. The smallest absolute Gasteiger partial charge is 0.458 e. The number of aromatic nitrogens is 3. The summed E-state index contributed by atoms with van der Waals surface area (Å²) in [4.78, 5) is 69.6. The maximum absolute atomic E-state index is 14.9. The number of fused-ring (bicyclic) bond motifs is 1. The maximum atomic E-state index is 14.9. The highest BCUT2D eigenvalue weighted by Gasteiger charge is 2.60. The van der Waals surface area contributed by atoms with Crippen molar-refractivity contribution in [3.05, 3.63) is 66.4 Å². The first kappa shape index (κ1) is 54.9. The van der Waals surface area contributed by atoms with E-state index in [-0.39, 0.29) is 42.9 Å². The van der Waals surface area contributed by atoms with Crippen LogP contribution in [0.1, 0.15) is 105 Å². The van der Waals surface area contributed by atoms with Crippen LogP contribution in [0.2, 0.25) is 0 Å². The lowest BCUT2D eigenvalue weighted by atomic mass is 9.73. The van der Waals surface area contributed by atoms with E-state index in [1.54, 1.807) is 95.7 Å². The number of cyclic esters (lactones) is 1. The van der Waals surface area contributed by atoms with Gasteiger partial charge in [0.1, 0.15) is 17.6 Å². The third kappa shape index (κ3) is 12.3. The Bertz CT molecular complexity index is 2350. The number of methoxy groups -OCH3 is 1. The van der Waals surface area contributed by atoms with Gasteiger partial charge in [0.15, 0.2) is 18.0 Å². The molecule has 0 spiro atoms. The summed E-state index contributed by atoms with van der Waals surface area (Å²) in [6.07, 6.45) is -8.21. The summed E-state index contributed by atoms with van der Waals surface area (Å²) < 4.78 is 78.1. The van der Waals surface area contributed by atoms with Crippen LogP contribution in [0.4, 0.5) is 23.7 Å². The van der Waals surface area contributed by atoms with Crippen LogP contribution in [0.5, 0.6) is 0 Å². The van der Waals surface area contributed by atoms with E-state index in [2.05, 4.69) is 10.3 Å². The number of ether oxygens (including phenoxy) is 6. The molecular formula is C51H68F3N5O12. The number of amides is 2. The van der Waals surface area contributed by atoms with Crippen LogP contribution in [0.25, 0.3) is 11.3 Å². The normalized spacial score (nSPS) is 33.1. The predicted octanol–water partition coefficient (Wildman–Crippen LogP) is 7.79. The molecule has 6 rings (SSSR count). The van der Waals surface area contributed by atoms with Crippen LogP contribution in [-0.4, -0.2) is 129 Å². The van der Waals surface area contributed by atoms with E-state index in [1.165, 1.54) is 30.2 Å². The molecule has 14 atom stereocenters. The van der Waals surface area contributed by atoms with Crippen molar-refractivity contribution in [1.29, 1.82) is 0 Å². The average Bonchev–Trinajstić information content (AvgIpc) is 3.91. The first-order chi connectivity index (χ1) is 33.4. The number of carbonyl (C=O) groups is 5. The molecular weight excluding hydrogens is 932 g/mol. The highest BCUT2D eigenvalue weighted by atomic mass is 19.4. The number of carbonyl (C=O) groups excluding carboxylic acids is 5. The fourth-order valence-electron chi connectivity index (χ4n) is 10.6. The number of Topliss-reactive ketones (excluding diaryl/α,β-unsaturated/α-hetero) is 1. The molecule has 1 aromatic heterocycles. The number of benzene rings is 2. The lowest BCUT2D eigenvalue weighted by Crippen LogP contribution is -2.60. The van der Waals surface area contributed by atoms with Gasteiger partial charge in [-0.1, -0.05) is 70.2 Å². The largest absolute Gasteiger partial charge is 0.471 e. The minimum Gasteiger partial charge on any atom is -0.458 e. The molecule has 0 aliphatic carbocycles. The lowest BCUT2D eigenvalue weighted by Gasteiger charge is -2.47. The van der Waals surface area contributed by atoms with E-state index in [1.807, 2.05) is 19.2 Å². The van der Waals surface area contributed by atoms with Crippen molar-refractivity contribution in [1.82, 2.24) is 19.9 Å². The third-order valence-electron chi connectivity index (χ3n) is 14.5. The van der Waals surface area contributed by atoms with Gasteiger partial charge < -0.3 is 43.7 Å². The Morgan fingerprint density at radius 3 is 2.31 bits per heavy atom. The van der Waals surface area contributed by atoms with Crippen molar-refractivity contribution in [3.63, 3.8) is 0 Å². The highest BCUT2D eigenvalue weighted by Crippen LogP contribution is 2.44. The molecule has 3 aliphatic rings. The second-order valence-corrected chi connectivity index (χ2v) is 19.9. The summed E-state index contributed by atoms with van der Waals surface area (Å²) in [5.74, 6) is -7.44. The first-order valence-corrected chi connectivity index (χ1v) is 24.3. The van der Waals surface area contributed by atoms with E-state index >= 15 is 0 Å². The van der Waals surface area contributed by atoms with Crippen LogP contribution < -0.4 is 5.32 Å². The van der Waals surface area contributed by atoms with Crippen LogP contribution in [0, 0.1) is 29.6 Å². The number of unbranched alkanes of at least 4 members (excludes halogenated alkanes) is 1. The monoisotopic (exact) mass is 999 g/mol. The number of esters is 2. The van der Waals surface area contributed by atoms with Crippen LogP contribution in [0.15, 0.2) is 60.8 Å². The molecule has 3 fully saturated rings. The van der Waals surface area contributed by atoms with Crippen LogP contribution >= 0.6 is 0 Å². The number of aliphatic hydroxyl groups excluding tert-OH is 1. The second-order valence-electron chi connectivity index (χ2n) is 19.9. The Balaban J connectivity index is 1.24. The van der Waals surface area contributed by atoms with Crippen molar-refractivity contribution in [2.45, 2.75) is 161 Å². The average molecular weight is 1000 g/mol. The van der Waals surface area contributed by atoms with E-state index in [9.17, 15) is 42.3 Å². The van der Waals surface area contributed by atoms with Gasteiger partial charge in [-0.3, -0.25) is 19.1 Å². The molecule has 0 radical (unpaired) electrons. The lowest BCUT2D eigenvalue weighted by molar-refractivity contribution is -0.300. The summed E-state index contributed by atoms with van der Waals surface area (Å²) in [6.45, 7) is 16.3. The van der Waals surface area contributed by atoms with Gasteiger partial charge in [-0.2, -0.15) is 13.2 Å². The SMILES string of the molecule is CC[C@H]1OC(=O)[C@H](C)[C@@H](O)[C@H](C)[C@@H](O[C@@H]2O[C@H](C)C[C@H](C)[C@H]2OC(=O)c2ccccc2)[C@@](C)(OC)C[C@@H](C)C(=O)[C@H](C)[C@@H]2N(CCCCn3cc(-c4cccc(NC(=O)C(F)(F)F)c4)nn3)C(=O)O[C@@]21C. The summed E-state index contributed by atoms with van der Waals surface area (Å²) in [7, 11) is 1.48. The van der Waals surface area contributed by atoms with Crippen LogP contribution in [0.3, 0.4) is 0 Å². The van der Waals surface area contributed by atoms with Crippen molar-refractivity contribution in [2.24, 2.45) is 29.6 Å². The summed E-state index contributed by atoms with van der Waals surface area (Å²) in [5.41, 5.74) is -1.77. The van der Waals surface area contributed by atoms with E-state index in [4.69, 9.17) is 28.4 Å². The number of anilines is 1. The van der Waals surface area contributed by atoms with Gasteiger partial charge in [0.25, 0.3) is 0 Å². The summed E-state index contributed by atoms with van der Waals surface area (Å²) in [5, 5.41) is 22.3. The molecule has 0 bridgehead atoms. The van der Waals surface area contributed by atoms with E-state index in [0.29, 0.717) is 42.6 Å². The molecule has 3 saturated heterocycles. The van der Waals surface area contributed by atoms with Gasteiger partial charge in [0.2, 0.25) is 0 Å². The summed E-state index contributed by atoms with van der Waals surface area (Å²) in [6, 6.07) is 13.4. The molecule has 2 amide bonds. The Hall–Kier alpha value is -5.44. The molecule has 0 saturated carbocycles. The number of nitrogens with zero attached hydrogens (tertiary/aromatic N) is 4. The third-order valence-corrected chi connectivity index (χ3v) is 14.5. The fourth-order valence-corrected chi connectivity index (χ4v) is 10.6. The molecule has 390 valence electrons. The molecule has 71 heavy (non-hydrogen) atoms. The van der Waals surface area contributed by atoms with Crippen molar-refractivity contribution in [2.75, 3.05) is 19.0 Å². The van der Waals surface area contributed by atoms with Crippen molar-refractivity contribution >= 4 is 35.4 Å². The predicted molar refractivity (Wildman–Crippen MR) is 251 cm³/mol. The Morgan fingerprint density at radius 1 is 0.958 bits per heavy atom. The zero-order valence-electron chi connectivity index (χ0n) is 42.0. The standard InChI is InChI=1S/C51H68F3N5O12/c1-11-38-50(9)42(59(48(65)71-50)23-16-15-22-58-27-37(56-57-58)35-20-17-21-36(25-35)55-47(64)51(52,53)54)31(5)39(60)29(3)26-49(8,66-10)43(32(6)40(61)33(7)44(62)68-38)70-46-41(28(2)24-30(4)67-46)69-45(63)34-18-13-12-14-19-34/h12-14,17-21,25,27-33,38,40-43,46,61H,11,15-16,22-24,26H2,1-10H3,(H,55,64)/t28-,29+,30+,31-,32-,33+,38+,40-,41+,42-,43+,46-,49-,50+/m0/s1. The minimum atomic E-state index is -5.06. The zero-order valence-corrected chi connectivity index (χ0v) is 42.0. The molecule has 3 aromatic rings. The van der Waals surface area contributed by atoms with Crippen LogP contribution in [-0.2, 0) is 49.3 Å². The fraction of sp³-hybridized carbons (Fsp3) is 0.627. The number of ketones is 1. The van der Waals surface area contributed by atoms with Gasteiger partial charge in [-0.25, -0.2) is 9.59 Å². The van der Waals surface area contributed by atoms with Gasteiger partial charge in [0, 0.05) is 55.1 Å². The molecule has 3 aliphatic heterocycles. The molecule has 17 nitrogen and oxygen atoms in total. The summed E-state index contributed by atoms with van der Waals surface area (Å²) >= 11 is 0. The van der Waals surface area contributed by atoms with Gasteiger partial charge in [0.05, 0.1) is 47.6 Å². The maximum Gasteiger partial charge on any atom is 0.471 e. The molecule has 4 heterocycles. The van der Waals surface area contributed by atoms with Gasteiger partial charge in [-0.15, -0.1) is 5.10 Å². The number of alkyl halides is 3.